The molecule has 2 aromatic carbocycles. The van der Waals surface area contributed by atoms with Crippen LogP contribution in [0.2, 0.25) is 0 Å². The third kappa shape index (κ3) is 2.93. The monoisotopic (exact) mass is 298 g/mol. The van der Waals surface area contributed by atoms with Crippen LogP contribution in [-0.2, 0) is 0 Å². The van der Waals surface area contributed by atoms with Gasteiger partial charge in [-0.05, 0) is 24.7 Å². The SMILES string of the molecule is CNC[C@@H](O)C(c1ccccc1)N1CCOc2ccccc21. The summed E-state index contributed by atoms with van der Waals surface area (Å²) in [4.78, 5) is 2.25. The molecule has 1 aliphatic rings. The number of fused-ring (bicyclic) bond motifs is 1. The topological polar surface area (TPSA) is 44.7 Å². The number of ether oxygens (including phenoxy) is 1. The Morgan fingerprint density at radius 2 is 1.86 bits per heavy atom. The van der Waals surface area contributed by atoms with Gasteiger partial charge in [0.15, 0.2) is 0 Å². The molecule has 4 nitrogen and oxygen atoms in total. The lowest BCUT2D eigenvalue weighted by Crippen LogP contribution is -2.44. The highest BCUT2D eigenvalue weighted by atomic mass is 16.5. The summed E-state index contributed by atoms with van der Waals surface area (Å²) in [6.07, 6.45) is -0.501. The summed E-state index contributed by atoms with van der Waals surface area (Å²) < 4.78 is 5.74. The number of benzene rings is 2. The van der Waals surface area contributed by atoms with Crippen molar-refractivity contribution in [2.45, 2.75) is 12.1 Å². The first-order chi connectivity index (χ1) is 10.8. The zero-order valence-electron chi connectivity index (χ0n) is 12.8. The highest BCUT2D eigenvalue weighted by molar-refractivity contribution is 5.61. The van der Waals surface area contributed by atoms with E-state index >= 15 is 0 Å². The van der Waals surface area contributed by atoms with Crippen LogP contribution >= 0.6 is 0 Å². The third-order valence-corrected chi connectivity index (χ3v) is 4.02. The van der Waals surface area contributed by atoms with Gasteiger partial charge in [-0.1, -0.05) is 42.5 Å². The van der Waals surface area contributed by atoms with Crippen molar-refractivity contribution in [2.24, 2.45) is 0 Å². The molecule has 3 rings (SSSR count). The van der Waals surface area contributed by atoms with Crippen molar-refractivity contribution < 1.29 is 9.84 Å². The lowest BCUT2D eigenvalue weighted by atomic mass is 9.98. The molecule has 0 amide bonds. The van der Waals surface area contributed by atoms with Gasteiger partial charge in [-0.2, -0.15) is 0 Å². The van der Waals surface area contributed by atoms with Crippen LogP contribution in [-0.4, -0.2) is 38.0 Å². The molecule has 4 heteroatoms. The van der Waals surface area contributed by atoms with Gasteiger partial charge in [0.05, 0.1) is 24.4 Å². The van der Waals surface area contributed by atoms with Gasteiger partial charge in [0.25, 0.3) is 0 Å². The number of nitrogens with zero attached hydrogens (tertiary/aromatic N) is 1. The maximum Gasteiger partial charge on any atom is 0.142 e. The lowest BCUT2D eigenvalue weighted by Gasteiger charge is -2.40. The van der Waals surface area contributed by atoms with Crippen LogP contribution in [0, 0.1) is 0 Å². The second-order valence-corrected chi connectivity index (χ2v) is 5.49. The minimum atomic E-state index is -0.501. The van der Waals surface area contributed by atoms with Gasteiger partial charge < -0.3 is 20.1 Å². The number of nitrogens with one attached hydrogen (secondary N) is 1. The van der Waals surface area contributed by atoms with Gasteiger partial charge in [-0.3, -0.25) is 0 Å². The maximum absolute atomic E-state index is 10.7. The maximum atomic E-state index is 10.7. The highest BCUT2D eigenvalue weighted by Gasteiger charge is 2.31. The standard InChI is InChI=1S/C18H22N2O2/c1-19-13-16(21)18(14-7-3-2-4-8-14)20-11-12-22-17-10-6-5-9-15(17)20/h2-10,16,18-19,21H,11-13H2,1H3/t16-,18?/m1/s1. The van der Waals surface area contributed by atoms with Crippen molar-refractivity contribution in [2.75, 3.05) is 31.6 Å². The molecule has 0 fully saturated rings. The van der Waals surface area contributed by atoms with Crippen molar-refractivity contribution in [3.63, 3.8) is 0 Å². The number of anilines is 1. The fourth-order valence-corrected chi connectivity index (χ4v) is 3.06. The van der Waals surface area contributed by atoms with Crippen LogP contribution in [0.25, 0.3) is 0 Å². The Kier molecular flexibility index (Phi) is 4.61. The summed E-state index contributed by atoms with van der Waals surface area (Å²) in [5, 5.41) is 13.8. The predicted molar refractivity (Wildman–Crippen MR) is 88.4 cm³/mol. The molecular weight excluding hydrogens is 276 g/mol. The van der Waals surface area contributed by atoms with E-state index in [-0.39, 0.29) is 6.04 Å². The number of hydrogen-bond donors (Lipinski definition) is 2. The average Bonchev–Trinajstić information content (AvgIpc) is 2.57. The van der Waals surface area contributed by atoms with E-state index in [4.69, 9.17) is 4.74 Å². The minimum Gasteiger partial charge on any atom is -0.490 e. The predicted octanol–water partition coefficient (Wildman–Crippen LogP) is 2.21. The molecule has 0 aliphatic carbocycles. The van der Waals surface area contributed by atoms with Crippen molar-refractivity contribution in [1.29, 1.82) is 0 Å². The first kappa shape index (κ1) is 14.9. The number of rotatable bonds is 5. The van der Waals surface area contributed by atoms with Crippen LogP contribution in [0.4, 0.5) is 5.69 Å². The Labute approximate surface area is 131 Å². The Balaban J connectivity index is 2.00. The molecule has 1 unspecified atom stereocenters. The molecule has 0 aromatic heterocycles. The second kappa shape index (κ2) is 6.81. The first-order valence-electron chi connectivity index (χ1n) is 7.67. The fourth-order valence-electron chi connectivity index (χ4n) is 3.06. The second-order valence-electron chi connectivity index (χ2n) is 5.49. The number of para-hydroxylation sites is 2. The summed E-state index contributed by atoms with van der Waals surface area (Å²) in [7, 11) is 1.86. The van der Waals surface area contributed by atoms with Crippen LogP contribution in [0.3, 0.4) is 0 Å². The molecule has 116 valence electrons. The van der Waals surface area contributed by atoms with Gasteiger partial charge >= 0.3 is 0 Å². The number of aliphatic hydroxyl groups is 1. The Morgan fingerprint density at radius 3 is 2.64 bits per heavy atom. The summed E-state index contributed by atoms with van der Waals surface area (Å²) in [6, 6.07) is 18.1. The number of hydrogen-bond acceptors (Lipinski definition) is 4. The summed E-state index contributed by atoms with van der Waals surface area (Å²) in [5.74, 6) is 0.881. The molecule has 0 bridgehead atoms. The van der Waals surface area contributed by atoms with Gasteiger partial charge in [0.2, 0.25) is 0 Å². The van der Waals surface area contributed by atoms with Crippen molar-refractivity contribution in [3.05, 3.63) is 60.2 Å². The zero-order chi connectivity index (χ0) is 15.4. The molecule has 2 aromatic rings. The van der Waals surface area contributed by atoms with Gasteiger partial charge in [0.1, 0.15) is 12.4 Å². The summed E-state index contributed by atoms with van der Waals surface area (Å²) in [6.45, 7) is 1.93. The molecule has 0 saturated heterocycles. The Bertz CT molecular complexity index is 603. The smallest absolute Gasteiger partial charge is 0.142 e. The molecule has 2 N–H and O–H groups in total. The number of aliphatic hydroxyl groups excluding tert-OH is 1. The van der Waals surface area contributed by atoms with Crippen LogP contribution in [0.5, 0.6) is 5.75 Å². The molecule has 22 heavy (non-hydrogen) atoms. The van der Waals surface area contributed by atoms with E-state index in [2.05, 4.69) is 28.4 Å². The molecule has 0 radical (unpaired) electrons. The van der Waals surface area contributed by atoms with Gasteiger partial charge in [0, 0.05) is 6.54 Å². The van der Waals surface area contributed by atoms with E-state index in [1.165, 1.54) is 0 Å². The van der Waals surface area contributed by atoms with Gasteiger partial charge in [-0.25, -0.2) is 0 Å². The molecular formula is C18H22N2O2. The van der Waals surface area contributed by atoms with Crippen LogP contribution < -0.4 is 15.0 Å². The van der Waals surface area contributed by atoms with E-state index in [1.54, 1.807) is 0 Å². The van der Waals surface area contributed by atoms with Gasteiger partial charge in [-0.15, -0.1) is 0 Å². The molecule has 0 saturated carbocycles. The average molecular weight is 298 g/mol. The summed E-state index contributed by atoms with van der Waals surface area (Å²) in [5.41, 5.74) is 2.15. The van der Waals surface area contributed by atoms with Crippen LogP contribution in [0.15, 0.2) is 54.6 Å². The first-order valence-corrected chi connectivity index (χ1v) is 7.67. The lowest BCUT2D eigenvalue weighted by molar-refractivity contribution is 0.135. The fraction of sp³-hybridized carbons (Fsp3) is 0.333. The minimum absolute atomic E-state index is 0.0984. The Morgan fingerprint density at radius 1 is 1.14 bits per heavy atom. The molecule has 0 spiro atoms. The van der Waals surface area contributed by atoms with E-state index in [0.717, 1.165) is 23.5 Å². The zero-order valence-corrected chi connectivity index (χ0v) is 12.8. The van der Waals surface area contributed by atoms with E-state index in [1.807, 2.05) is 43.4 Å². The van der Waals surface area contributed by atoms with E-state index in [9.17, 15) is 5.11 Å². The van der Waals surface area contributed by atoms with Crippen molar-refractivity contribution >= 4 is 5.69 Å². The highest BCUT2D eigenvalue weighted by Crippen LogP contribution is 2.38. The molecule has 1 aliphatic heterocycles. The Hall–Kier alpha value is -2.04. The third-order valence-electron chi connectivity index (χ3n) is 4.02. The van der Waals surface area contributed by atoms with E-state index < -0.39 is 6.10 Å². The quantitative estimate of drug-likeness (QED) is 0.888. The molecule has 2 atom stereocenters. The van der Waals surface area contributed by atoms with Crippen molar-refractivity contribution in [3.8, 4) is 5.75 Å². The van der Waals surface area contributed by atoms with E-state index in [0.29, 0.717) is 13.2 Å². The molecule has 1 heterocycles. The number of likely N-dealkylation sites (N-methyl/N-ethyl adjacent to an activating group) is 1. The van der Waals surface area contributed by atoms with Crippen LogP contribution in [0.1, 0.15) is 11.6 Å². The largest absolute Gasteiger partial charge is 0.490 e. The summed E-state index contributed by atoms with van der Waals surface area (Å²) >= 11 is 0. The normalized spacial score (nSPS) is 16.5. The van der Waals surface area contributed by atoms with Crippen molar-refractivity contribution in [1.82, 2.24) is 5.32 Å².